The average Bonchev–Trinajstić information content (AvgIpc) is 2.98. The van der Waals surface area contributed by atoms with Gasteiger partial charge in [0.05, 0.1) is 12.2 Å². The molecule has 0 fully saturated rings. The molecule has 4 nitrogen and oxygen atoms in total. The minimum Gasteiger partial charge on any atom is -0.462 e. The van der Waals surface area contributed by atoms with Crippen molar-refractivity contribution in [2.24, 2.45) is 11.3 Å². The average molecular weight is 404 g/mol. The lowest BCUT2D eigenvalue weighted by Crippen LogP contribution is -2.26. The molecule has 28 heavy (non-hydrogen) atoms. The third kappa shape index (κ3) is 4.27. The summed E-state index contributed by atoms with van der Waals surface area (Å²) in [5.41, 5.74) is 2.00. The van der Waals surface area contributed by atoms with Gasteiger partial charge in [0.1, 0.15) is 10.8 Å². The number of amides is 1. The van der Waals surface area contributed by atoms with Gasteiger partial charge < -0.3 is 10.1 Å². The van der Waals surface area contributed by atoms with Crippen LogP contribution in [0.2, 0.25) is 0 Å². The topological polar surface area (TPSA) is 55.4 Å². The summed E-state index contributed by atoms with van der Waals surface area (Å²) in [6.07, 6.45) is 2.70. The van der Waals surface area contributed by atoms with E-state index < -0.39 is 11.8 Å². The quantitative estimate of drug-likeness (QED) is 0.689. The number of fused-ring (bicyclic) bond motifs is 1. The SMILES string of the molecule is CCOC(=O)c1c(NC(=O)c2ccc(F)cc2)sc2c1CC[C@H](C(C)(C)C)C2. The van der Waals surface area contributed by atoms with Crippen LogP contribution in [0.3, 0.4) is 0 Å². The van der Waals surface area contributed by atoms with E-state index >= 15 is 0 Å². The lowest BCUT2D eigenvalue weighted by Gasteiger charge is -2.33. The number of ether oxygens (including phenoxy) is 1. The summed E-state index contributed by atoms with van der Waals surface area (Å²) in [5, 5.41) is 3.37. The van der Waals surface area contributed by atoms with Crippen LogP contribution in [0.15, 0.2) is 24.3 Å². The number of nitrogens with one attached hydrogen (secondary N) is 1. The molecule has 1 aromatic heterocycles. The number of esters is 1. The Morgan fingerprint density at radius 2 is 1.93 bits per heavy atom. The van der Waals surface area contributed by atoms with E-state index in [-0.39, 0.29) is 17.9 Å². The fourth-order valence-electron chi connectivity index (χ4n) is 3.61. The number of benzene rings is 1. The van der Waals surface area contributed by atoms with Crippen molar-refractivity contribution < 1.29 is 18.7 Å². The molecule has 1 N–H and O–H groups in total. The number of thiophene rings is 1. The summed E-state index contributed by atoms with van der Waals surface area (Å²) in [4.78, 5) is 26.4. The van der Waals surface area contributed by atoms with Crippen molar-refractivity contribution in [1.29, 1.82) is 0 Å². The molecule has 3 rings (SSSR count). The van der Waals surface area contributed by atoms with Crippen LogP contribution in [0.25, 0.3) is 0 Å². The molecule has 1 atom stereocenters. The van der Waals surface area contributed by atoms with Gasteiger partial charge in [-0.3, -0.25) is 4.79 Å². The maximum absolute atomic E-state index is 13.1. The van der Waals surface area contributed by atoms with Crippen molar-refractivity contribution in [3.05, 3.63) is 51.7 Å². The number of hydrogen-bond acceptors (Lipinski definition) is 4. The van der Waals surface area contributed by atoms with E-state index in [1.807, 2.05) is 0 Å². The second-order valence-electron chi connectivity index (χ2n) is 8.20. The van der Waals surface area contributed by atoms with Gasteiger partial charge in [0.15, 0.2) is 0 Å². The predicted molar refractivity (Wildman–Crippen MR) is 110 cm³/mol. The van der Waals surface area contributed by atoms with Gasteiger partial charge in [-0.15, -0.1) is 11.3 Å². The Bertz CT molecular complexity index is 880. The van der Waals surface area contributed by atoms with Crippen molar-refractivity contribution in [2.45, 2.75) is 47.0 Å². The smallest absolute Gasteiger partial charge is 0.341 e. The van der Waals surface area contributed by atoms with E-state index in [0.717, 1.165) is 29.7 Å². The summed E-state index contributed by atoms with van der Waals surface area (Å²) < 4.78 is 18.4. The minimum absolute atomic E-state index is 0.184. The van der Waals surface area contributed by atoms with Crippen LogP contribution in [0.1, 0.15) is 65.3 Å². The molecule has 1 aromatic carbocycles. The van der Waals surface area contributed by atoms with Gasteiger partial charge in [-0.2, -0.15) is 0 Å². The third-order valence-corrected chi connectivity index (χ3v) is 6.47. The highest BCUT2D eigenvalue weighted by molar-refractivity contribution is 7.17. The number of rotatable bonds is 4. The Morgan fingerprint density at radius 3 is 2.54 bits per heavy atom. The molecular weight excluding hydrogens is 377 g/mol. The van der Waals surface area contributed by atoms with Gasteiger partial charge in [-0.1, -0.05) is 20.8 Å². The lowest BCUT2D eigenvalue weighted by atomic mass is 9.72. The second-order valence-corrected chi connectivity index (χ2v) is 9.30. The highest BCUT2D eigenvalue weighted by Crippen LogP contribution is 2.44. The summed E-state index contributed by atoms with van der Waals surface area (Å²) in [6, 6.07) is 5.35. The fourth-order valence-corrected chi connectivity index (χ4v) is 4.92. The molecule has 0 aliphatic heterocycles. The van der Waals surface area contributed by atoms with Crippen LogP contribution < -0.4 is 5.32 Å². The molecule has 0 spiro atoms. The lowest BCUT2D eigenvalue weighted by molar-refractivity contribution is 0.0526. The van der Waals surface area contributed by atoms with Gasteiger partial charge in [-0.25, -0.2) is 9.18 Å². The molecule has 1 aliphatic carbocycles. The van der Waals surface area contributed by atoms with Gasteiger partial charge in [0.25, 0.3) is 5.91 Å². The van der Waals surface area contributed by atoms with Gasteiger partial charge >= 0.3 is 5.97 Å². The van der Waals surface area contributed by atoms with Crippen LogP contribution in [-0.4, -0.2) is 18.5 Å². The van der Waals surface area contributed by atoms with Gasteiger partial charge in [-0.05, 0) is 67.3 Å². The summed E-state index contributed by atoms with van der Waals surface area (Å²) in [5.74, 6) is -0.641. The molecule has 0 radical (unpaired) electrons. The Kier molecular flexibility index (Phi) is 5.89. The van der Waals surface area contributed by atoms with Crippen LogP contribution in [0.5, 0.6) is 0 Å². The summed E-state index contributed by atoms with van der Waals surface area (Å²) >= 11 is 1.46. The number of anilines is 1. The predicted octanol–water partition coefficient (Wildman–Crippen LogP) is 5.47. The number of carbonyl (C=O) groups is 2. The van der Waals surface area contributed by atoms with Crippen molar-refractivity contribution in [3.8, 4) is 0 Å². The number of hydrogen-bond donors (Lipinski definition) is 1. The monoisotopic (exact) mass is 403 g/mol. The Labute approximate surface area is 169 Å². The van der Waals surface area contributed by atoms with Crippen LogP contribution >= 0.6 is 11.3 Å². The van der Waals surface area contributed by atoms with Crippen LogP contribution in [0, 0.1) is 17.2 Å². The molecular formula is C22H26FNO3S. The van der Waals surface area contributed by atoms with Crippen LogP contribution in [-0.2, 0) is 17.6 Å². The van der Waals surface area contributed by atoms with Gasteiger partial charge in [0.2, 0.25) is 0 Å². The van der Waals surface area contributed by atoms with E-state index in [0.29, 0.717) is 22.0 Å². The maximum atomic E-state index is 13.1. The first-order chi connectivity index (χ1) is 13.2. The van der Waals surface area contributed by atoms with E-state index in [2.05, 4.69) is 26.1 Å². The van der Waals surface area contributed by atoms with E-state index in [4.69, 9.17) is 4.74 Å². The van der Waals surface area contributed by atoms with Crippen molar-refractivity contribution in [1.82, 2.24) is 0 Å². The first kappa shape index (κ1) is 20.5. The van der Waals surface area contributed by atoms with E-state index in [9.17, 15) is 14.0 Å². The van der Waals surface area contributed by atoms with Gasteiger partial charge in [0, 0.05) is 10.4 Å². The van der Waals surface area contributed by atoms with Crippen molar-refractivity contribution in [3.63, 3.8) is 0 Å². The zero-order valence-electron chi connectivity index (χ0n) is 16.7. The number of halogens is 1. The normalized spacial score (nSPS) is 16.4. The molecule has 0 saturated heterocycles. The van der Waals surface area contributed by atoms with E-state index in [1.165, 1.54) is 35.6 Å². The Hall–Kier alpha value is -2.21. The Balaban J connectivity index is 1.93. The molecule has 1 heterocycles. The molecule has 0 bridgehead atoms. The standard InChI is InChI=1S/C22H26FNO3S/c1-5-27-21(26)18-16-11-8-14(22(2,3)4)12-17(16)28-20(18)24-19(25)13-6-9-15(23)10-7-13/h6-7,9-10,14H,5,8,11-12H2,1-4H3,(H,24,25)/t14-/m0/s1. The largest absolute Gasteiger partial charge is 0.462 e. The molecule has 2 aromatic rings. The molecule has 1 amide bonds. The zero-order valence-corrected chi connectivity index (χ0v) is 17.5. The Morgan fingerprint density at radius 1 is 1.25 bits per heavy atom. The van der Waals surface area contributed by atoms with Crippen LogP contribution in [0.4, 0.5) is 9.39 Å². The maximum Gasteiger partial charge on any atom is 0.341 e. The molecule has 6 heteroatoms. The zero-order chi connectivity index (χ0) is 20.5. The van der Waals surface area contributed by atoms with E-state index in [1.54, 1.807) is 6.92 Å². The third-order valence-electron chi connectivity index (χ3n) is 5.30. The minimum atomic E-state index is -0.399. The molecule has 1 aliphatic rings. The van der Waals surface area contributed by atoms with Crippen molar-refractivity contribution in [2.75, 3.05) is 11.9 Å². The van der Waals surface area contributed by atoms with Crippen molar-refractivity contribution >= 4 is 28.2 Å². The number of carbonyl (C=O) groups excluding carboxylic acids is 2. The first-order valence-electron chi connectivity index (χ1n) is 9.59. The second kappa shape index (κ2) is 8.03. The first-order valence-corrected chi connectivity index (χ1v) is 10.4. The highest BCUT2D eigenvalue weighted by Gasteiger charge is 2.34. The highest BCUT2D eigenvalue weighted by atomic mass is 32.1. The molecule has 0 saturated carbocycles. The summed E-state index contributed by atoms with van der Waals surface area (Å²) in [7, 11) is 0. The summed E-state index contributed by atoms with van der Waals surface area (Å²) in [6.45, 7) is 8.75. The fraction of sp³-hybridized carbons (Fsp3) is 0.455. The molecule has 0 unspecified atom stereocenters. The molecule has 150 valence electrons.